The maximum absolute atomic E-state index is 11.8. The first-order chi connectivity index (χ1) is 17.0. The fraction of sp³-hybridized carbons (Fsp3) is 0.360. The number of halogens is 2. The van der Waals surface area contributed by atoms with E-state index in [1.54, 1.807) is 31.2 Å². The van der Waals surface area contributed by atoms with Crippen molar-refractivity contribution in [3.8, 4) is 23.5 Å². The third-order valence-corrected chi connectivity index (χ3v) is 6.64. The molecule has 0 atom stereocenters. The minimum Gasteiger partial charge on any atom is -0.489 e. The second-order valence-corrected chi connectivity index (χ2v) is 11.0. The molecule has 0 aliphatic heterocycles. The number of aromatic nitrogens is 1. The summed E-state index contributed by atoms with van der Waals surface area (Å²) in [5, 5.41) is 9.52. The van der Waals surface area contributed by atoms with E-state index in [0.29, 0.717) is 22.1 Å². The Bertz CT molecular complexity index is 1360. The summed E-state index contributed by atoms with van der Waals surface area (Å²) in [7, 11) is -3.63. The van der Waals surface area contributed by atoms with Crippen LogP contribution in [0.15, 0.2) is 46.0 Å². The minimum absolute atomic E-state index is 0.0133. The highest BCUT2D eigenvalue weighted by atomic mass is 35.5. The number of oxazole rings is 1. The van der Waals surface area contributed by atoms with Crippen molar-refractivity contribution in [2.45, 2.75) is 38.0 Å². The molecule has 0 N–H and O–H groups in total. The van der Waals surface area contributed by atoms with Crippen molar-refractivity contribution in [3.05, 3.63) is 63.8 Å². The van der Waals surface area contributed by atoms with Gasteiger partial charge in [0.1, 0.15) is 25.0 Å². The van der Waals surface area contributed by atoms with E-state index >= 15 is 0 Å². The molecule has 8 nitrogen and oxygen atoms in total. The molecule has 192 valence electrons. The third kappa shape index (κ3) is 6.25. The van der Waals surface area contributed by atoms with Gasteiger partial charge in [-0.2, -0.15) is 10.2 Å². The fourth-order valence-corrected chi connectivity index (χ4v) is 4.28. The Kier molecular flexibility index (Phi) is 8.77. The van der Waals surface area contributed by atoms with Gasteiger partial charge in [0.2, 0.25) is 9.84 Å². The summed E-state index contributed by atoms with van der Waals surface area (Å²) in [6.07, 6.45) is 1.01. The monoisotopic (exact) mass is 552 g/mol. The molecule has 0 aliphatic rings. The first kappa shape index (κ1) is 27.7. The van der Waals surface area contributed by atoms with E-state index in [1.165, 1.54) is 0 Å². The SMILES string of the molecule is CCOc1oc(S(C)(=O)=O)nc1COc1ccc(C(C)(C)c2cc(Cl)c(OCCCl)c(C#N)c2)cc1. The van der Waals surface area contributed by atoms with E-state index in [0.717, 1.165) is 17.4 Å². The Morgan fingerprint density at radius 1 is 1.11 bits per heavy atom. The van der Waals surface area contributed by atoms with Gasteiger partial charge in [-0.05, 0) is 42.3 Å². The lowest BCUT2D eigenvalue weighted by Gasteiger charge is -2.27. The van der Waals surface area contributed by atoms with Crippen LogP contribution in [0.5, 0.6) is 17.4 Å². The van der Waals surface area contributed by atoms with Gasteiger partial charge in [-0.1, -0.05) is 37.6 Å². The molecule has 0 radical (unpaired) electrons. The zero-order valence-electron chi connectivity index (χ0n) is 20.3. The van der Waals surface area contributed by atoms with E-state index in [1.807, 2.05) is 26.0 Å². The molecule has 11 heteroatoms. The van der Waals surface area contributed by atoms with E-state index in [4.69, 9.17) is 41.8 Å². The Morgan fingerprint density at radius 3 is 2.39 bits per heavy atom. The number of hydrogen-bond donors (Lipinski definition) is 0. The van der Waals surface area contributed by atoms with Crippen LogP contribution in [0.1, 0.15) is 43.2 Å². The molecule has 36 heavy (non-hydrogen) atoms. The van der Waals surface area contributed by atoms with Gasteiger partial charge in [0.05, 0.1) is 23.1 Å². The topological polar surface area (TPSA) is 112 Å². The van der Waals surface area contributed by atoms with Gasteiger partial charge < -0.3 is 18.6 Å². The van der Waals surface area contributed by atoms with Gasteiger partial charge in [0.15, 0.2) is 11.4 Å². The van der Waals surface area contributed by atoms with E-state index in [2.05, 4.69) is 11.1 Å². The molecule has 1 aromatic heterocycles. The molecule has 0 aliphatic carbocycles. The summed E-state index contributed by atoms with van der Waals surface area (Å²) >= 11 is 12.1. The highest BCUT2D eigenvalue weighted by Gasteiger charge is 2.26. The fourth-order valence-electron chi connectivity index (χ4n) is 3.42. The van der Waals surface area contributed by atoms with Crippen molar-refractivity contribution < 1.29 is 27.0 Å². The molecule has 0 unspecified atom stereocenters. The number of benzene rings is 2. The molecule has 0 spiro atoms. The van der Waals surface area contributed by atoms with Gasteiger partial charge in [0.25, 0.3) is 0 Å². The molecular weight excluding hydrogens is 527 g/mol. The van der Waals surface area contributed by atoms with E-state index < -0.39 is 20.5 Å². The number of alkyl halides is 1. The van der Waals surface area contributed by atoms with Crippen molar-refractivity contribution in [2.24, 2.45) is 0 Å². The van der Waals surface area contributed by atoms with Crippen molar-refractivity contribution in [3.63, 3.8) is 0 Å². The first-order valence-corrected chi connectivity index (χ1v) is 13.8. The maximum atomic E-state index is 11.8. The van der Waals surface area contributed by atoms with Crippen molar-refractivity contribution >= 4 is 33.0 Å². The van der Waals surface area contributed by atoms with Gasteiger partial charge in [-0.25, -0.2) is 8.42 Å². The maximum Gasteiger partial charge on any atom is 0.318 e. The van der Waals surface area contributed by atoms with Crippen LogP contribution in [0.3, 0.4) is 0 Å². The van der Waals surface area contributed by atoms with Crippen molar-refractivity contribution in [1.29, 1.82) is 5.26 Å². The van der Waals surface area contributed by atoms with Crippen LogP contribution in [0, 0.1) is 11.3 Å². The molecule has 3 rings (SSSR count). The molecule has 0 saturated carbocycles. The summed E-state index contributed by atoms with van der Waals surface area (Å²) in [5.41, 5.74) is 1.89. The van der Waals surface area contributed by atoms with Crippen LogP contribution in [-0.2, 0) is 21.9 Å². The molecular formula is C25H26Cl2N2O6S. The lowest BCUT2D eigenvalue weighted by molar-refractivity contribution is 0.224. The Balaban J connectivity index is 1.80. The molecule has 2 aromatic carbocycles. The van der Waals surface area contributed by atoms with Crippen molar-refractivity contribution in [1.82, 2.24) is 4.98 Å². The molecule has 0 fully saturated rings. The van der Waals surface area contributed by atoms with Crippen molar-refractivity contribution in [2.75, 3.05) is 25.3 Å². The number of hydrogen-bond acceptors (Lipinski definition) is 8. The van der Waals surface area contributed by atoms with Crippen LogP contribution in [0.25, 0.3) is 0 Å². The molecule has 0 bridgehead atoms. The summed E-state index contributed by atoms with van der Waals surface area (Å²) in [4.78, 5) is 4.00. The number of rotatable bonds is 11. The smallest absolute Gasteiger partial charge is 0.318 e. The van der Waals surface area contributed by atoms with Gasteiger partial charge in [-0.15, -0.1) is 11.6 Å². The predicted octanol–water partition coefficient (Wildman–Crippen LogP) is 5.52. The van der Waals surface area contributed by atoms with Gasteiger partial charge >= 0.3 is 11.2 Å². The van der Waals surface area contributed by atoms with E-state index in [-0.39, 0.29) is 37.3 Å². The lowest BCUT2D eigenvalue weighted by atomic mass is 9.77. The van der Waals surface area contributed by atoms with Crippen LogP contribution in [0.4, 0.5) is 0 Å². The largest absolute Gasteiger partial charge is 0.489 e. The second kappa shape index (κ2) is 11.4. The second-order valence-electron chi connectivity index (χ2n) is 8.34. The average Bonchev–Trinajstić information content (AvgIpc) is 3.25. The molecule has 0 amide bonds. The lowest BCUT2D eigenvalue weighted by Crippen LogP contribution is -2.19. The molecule has 0 saturated heterocycles. The summed E-state index contributed by atoms with van der Waals surface area (Å²) in [6.45, 7) is 6.28. The normalized spacial score (nSPS) is 11.7. The van der Waals surface area contributed by atoms with Gasteiger partial charge in [-0.3, -0.25) is 0 Å². The van der Waals surface area contributed by atoms with Crippen LogP contribution >= 0.6 is 23.2 Å². The first-order valence-electron chi connectivity index (χ1n) is 11.0. The molecule has 1 heterocycles. The standard InChI is InChI=1S/C25H26Cl2N2O6S/c1-5-32-23-21(29-24(35-23)36(4,30)31)15-34-19-8-6-17(7-9-19)25(2,3)18-12-16(14-28)22(20(27)13-18)33-11-10-26/h6-9,12-13H,5,10-11,15H2,1-4H3. The highest BCUT2D eigenvalue weighted by molar-refractivity contribution is 7.90. The summed E-state index contributed by atoms with van der Waals surface area (Å²) in [5.74, 6) is 1.16. The Hall–Kier alpha value is -2.93. The predicted molar refractivity (Wildman–Crippen MR) is 136 cm³/mol. The third-order valence-electron chi connectivity index (χ3n) is 5.40. The number of sulfone groups is 1. The Labute approximate surface area is 220 Å². The zero-order chi connectivity index (χ0) is 26.5. The minimum atomic E-state index is -3.63. The molecule has 3 aromatic rings. The van der Waals surface area contributed by atoms with Crippen LogP contribution in [0.2, 0.25) is 5.02 Å². The van der Waals surface area contributed by atoms with E-state index in [9.17, 15) is 13.7 Å². The van der Waals surface area contributed by atoms with Gasteiger partial charge in [0, 0.05) is 11.7 Å². The number of nitriles is 1. The highest BCUT2D eigenvalue weighted by Crippen LogP contribution is 2.38. The summed E-state index contributed by atoms with van der Waals surface area (Å²) < 4.78 is 45.4. The number of ether oxygens (including phenoxy) is 3. The summed E-state index contributed by atoms with van der Waals surface area (Å²) in [6, 6.07) is 13.1. The number of nitrogens with zero attached hydrogens (tertiary/aromatic N) is 2. The average molecular weight is 553 g/mol. The Morgan fingerprint density at radius 2 is 1.81 bits per heavy atom. The quantitative estimate of drug-likeness (QED) is 0.285. The van der Waals surface area contributed by atoms with Crippen LogP contribution < -0.4 is 14.2 Å². The van der Waals surface area contributed by atoms with Crippen LogP contribution in [-0.4, -0.2) is 38.8 Å². The zero-order valence-corrected chi connectivity index (χ0v) is 22.6.